The maximum Gasteiger partial charge on any atom is 0.138 e. The van der Waals surface area contributed by atoms with Crippen molar-refractivity contribution in [2.75, 3.05) is 26.2 Å². The summed E-state index contributed by atoms with van der Waals surface area (Å²) in [5.74, 6) is 0.557. The zero-order valence-corrected chi connectivity index (χ0v) is 12.8. The summed E-state index contributed by atoms with van der Waals surface area (Å²) in [4.78, 5) is 2.25. The molecule has 0 radical (unpaired) electrons. The largest absolute Gasteiger partial charge is 0.489 e. The van der Waals surface area contributed by atoms with Gasteiger partial charge in [0.15, 0.2) is 0 Å². The monoisotopic (exact) mass is 325 g/mol. The van der Waals surface area contributed by atoms with E-state index in [2.05, 4.69) is 4.90 Å². The molecule has 1 aliphatic rings. The van der Waals surface area contributed by atoms with Gasteiger partial charge >= 0.3 is 0 Å². The second kappa shape index (κ2) is 8.18. The number of hydrogen-bond acceptors (Lipinski definition) is 3. The Bertz CT molecular complexity index is 397. The topological polar surface area (TPSA) is 32.7 Å². The number of halogens is 3. The molecular weight excluding hydrogens is 309 g/mol. The van der Waals surface area contributed by atoms with E-state index >= 15 is 0 Å². The number of aliphatic hydroxyl groups is 1. The Balaban J connectivity index is 0.00000180. The predicted octanol–water partition coefficient (Wildman–Crippen LogP) is 3.25. The van der Waals surface area contributed by atoms with Crippen LogP contribution in [0.4, 0.5) is 0 Å². The van der Waals surface area contributed by atoms with E-state index in [4.69, 9.17) is 27.9 Å². The fourth-order valence-corrected chi connectivity index (χ4v) is 2.56. The number of β-amino-alcohol motifs (C(OH)–C–C–N with tert-alkyl or cyclic N) is 1. The second-order valence-electron chi connectivity index (χ2n) is 4.55. The molecular formula is C13H18Cl3NO2. The Labute approximate surface area is 129 Å². The summed E-state index contributed by atoms with van der Waals surface area (Å²) < 4.78 is 5.50. The molecule has 3 nitrogen and oxygen atoms in total. The van der Waals surface area contributed by atoms with E-state index in [-0.39, 0.29) is 19.0 Å². The lowest BCUT2D eigenvalue weighted by molar-refractivity contribution is 0.0759. The molecule has 1 saturated heterocycles. The van der Waals surface area contributed by atoms with E-state index in [9.17, 15) is 5.11 Å². The van der Waals surface area contributed by atoms with Gasteiger partial charge in [0.1, 0.15) is 18.5 Å². The van der Waals surface area contributed by atoms with Gasteiger partial charge in [-0.3, -0.25) is 0 Å². The first kappa shape index (κ1) is 16.9. The van der Waals surface area contributed by atoms with Crippen molar-refractivity contribution in [1.82, 2.24) is 4.90 Å². The number of hydrogen-bond donors (Lipinski definition) is 1. The number of benzene rings is 1. The summed E-state index contributed by atoms with van der Waals surface area (Å²) in [5.41, 5.74) is 0. The highest BCUT2D eigenvalue weighted by molar-refractivity contribution is 6.35. The van der Waals surface area contributed by atoms with Gasteiger partial charge in [-0.15, -0.1) is 12.4 Å². The minimum Gasteiger partial charge on any atom is -0.489 e. The molecule has 1 aromatic carbocycles. The third kappa shape index (κ3) is 5.36. The van der Waals surface area contributed by atoms with Crippen molar-refractivity contribution in [2.24, 2.45) is 0 Å². The molecule has 1 fully saturated rings. The summed E-state index contributed by atoms with van der Waals surface area (Å²) in [6.07, 6.45) is 1.95. The van der Waals surface area contributed by atoms with Crippen LogP contribution in [0.1, 0.15) is 12.8 Å². The Kier molecular flexibility index (Phi) is 7.26. The zero-order valence-electron chi connectivity index (χ0n) is 10.5. The first-order valence-electron chi connectivity index (χ1n) is 6.13. The van der Waals surface area contributed by atoms with E-state index < -0.39 is 6.10 Å². The molecule has 1 heterocycles. The summed E-state index contributed by atoms with van der Waals surface area (Å²) >= 11 is 11.8. The standard InChI is InChI=1S/C13H17Cl2NO2.ClH/c14-10-3-4-13(12(15)7-10)18-9-11(17)8-16-5-1-2-6-16;/h3-4,7,11,17H,1-2,5-6,8-9H2;1H. The van der Waals surface area contributed by atoms with Gasteiger partial charge in [-0.25, -0.2) is 0 Å². The van der Waals surface area contributed by atoms with Gasteiger partial charge in [0.25, 0.3) is 0 Å². The van der Waals surface area contributed by atoms with Crippen molar-refractivity contribution in [1.29, 1.82) is 0 Å². The quantitative estimate of drug-likeness (QED) is 0.901. The highest BCUT2D eigenvalue weighted by atomic mass is 35.5. The summed E-state index contributed by atoms with van der Waals surface area (Å²) in [6, 6.07) is 5.06. The Morgan fingerprint density at radius 1 is 1.26 bits per heavy atom. The molecule has 0 aliphatic carbocycles. The molecule has 1 aliphatic heterocycles. The van der Waals surface area contributed by atoms with Gasteiger partial charge < -0.3 is 14.7 Å². The molecule has 0 bridgehead atoms. The normalized spacial score (nSPS) is 17.0. The fourth-order valence-electron chi connectivity index (χ4n) is 2.09. The maximum atomic E-state index is 9.88. The Morgan fingerprint density at radius 3 is 2.58 bits per heavy atom. The average Bonchev–Trinajstić information content (AvgIpc) is 2.80. The molecule has 6 heteroatoms. The fraction of sp³-hybridized carbons (Fsp3) is 0.538. The molecule has 0 amide bonds. The predicted molar refractivity (Wildman–Crippen MR) is 80.9 cm³/mol. The van der Waals surface area contributed by atoms with Crippen molar-refractivity contribution >= 4 is 35.6 Å². The molecule has 1 aromatic rings. The van der Waals surface area contributed by atoms with Crippen LogP contribution in [0.5, 0.6) is 5.75 Å². The highest BCUT2D eigenvalue weighted by Crippen LogP contribution is 2.27. The smallest absolute Gasteiger partial charge is 0.138 e. The van der Waals surface area contributed by atoms with Crippen LogP contribution in [0.2, 0.25) is 10.0 Å². The zero-order chi connectivity index (χ0) is 13.0. The van der Waals surface area contributed by atoms with Crippen LogP contribution in [0.25, 0.3) is 0 Å². The SMILES string of the molecule is Cl.OC(COc1ccc(Cl)cc1Cl)CN1CCCC1. The van der Waals surface area contributed by atoms with Crippen molar-refractivity contribution in [3.8, 4) is 5.75 Å². The van der Waals surface area contributed by atoms with Gasteiger partial charge in [-0.2, -0.15) is 0 Å². The van der Waals surface area contributed by atoms with Crippen LogP contribution in [0.3, 0.4) is 0 Å². The van der Waals surface area contributed by atoms with Gasteiger partial charge in [0.05, 0.1) is 5.02 Å². The third-order valence-electron chi connectivity index (χ3n) is 2.99. The first-order valence-corrected chi connectivity index (χ1v) is 6.89. The molecule has 1 N–H and O–H groups in total. The molecule has 0 saturated carbocycles. The molecule has 0 aromatic heterocycles. The Morgan fingerprint density at radius 2 is 1.95 bits per heavy atom. The van der Waals surface area contributed by atoms with Gasteiger partial charge in [-0.1, -0.05) is 23.2 Å². The minimum absolute atomic E-state index is 0. The van der Waals surface area contributed by atoms with E-state index in [1.165, 1.54) is 12.8 Å². The number of nitrogens with zero attached hydrogens (tertiary/aromatic N) is 1. The van der Waals surface area contributed by atoms with Crippen molar-refractivity contribution < 1.29 is 9.84 Å². The van der Waals surface area contributed by atoms with Crippen LogP contribution >= 0.6 is 35.6 Å². The summed E-state index contributed by atoms with van der Waals surface area (Å²) in [5, 5.41) is 10.9. The molecule has 1 unspecified atom stereocenters. The molecule has 19 heavy (non-hydrogen) atoms. The highest BCUT2D eigenvalue weighted by Gasteiger charge is 2.16. The van der Waals surface area contributed by atoms with Gasteiger partial charge in [-0.05, 0) is 44.1 Å². The van der Waals surface area contributed by atoms with Crippen LogP contribution in [-0.2, 0) is 0 Å². The van der Waals surface area contributed by atoms with Crippen molar-refractivity contribution in [2.45, 2.75) is 18.9 Å². The van der Waals surface area contributed by atoms with Crippen molar-refractivity contribution in [3.63, 3.8) is 0 Å². The van der Waals surface area contributed by atoms with Crippen LogP contribution in [0.15, 0.2) is 18.2 Å². The second-order valence-corrected chi connectivity index (χ2v) is 5.39. The van der Waals surface area contributed by atoms with Crippen LogP contribution < -0.4 is 4.74 Å². The lowest BCUT2D eigenvalue weighted by atomic mass is 10.3. The number of aliphatic hydroxyl groups excluding tert-OH is 1. The molecule has 0 spiro atoms. The maximum absolute atomic E-state index is 9.88. The minimum atomic E-state index is -0.491. The van der Waals surface area contributed by atoms with Crippen LogP contribution in [-0.4, -0.2) is 42.4 Å². The van der Waals surface area contributed by atoms with Crippen LogP contribution in [0, 0.1) is 0 Å². The average molecular weight is 327 g/mol. The van der Waals surface area contributed by atoms with E-state index in [0.29, 0.717) is 22.3 Å². The number of ether oxygens (including phenoxy) is 1. The van der Waals surface area contributed by atoms with Gasteiger partial charge in [0, 0.05) is 11.6 Å². The number of rotatable bonds is 5. The lowest BCUT2D eigenvalue weighted by Gasteiger charge is -2.19. The Hall–Kier alpha value is -0.190. The van der Waals surface area contributed by atoms with E-state index in [1.54, 1.807) is 18.2 Å². The summed E-state index contributed by atoms with van der Waals surface area (Å²) in [6.45, 7) is 3.04. The molecule has 1 atom stereocenters. The summed E-state index contributed by atoms with van der Waals surface area (Å²) in [7, 11) is 0. The lowest BCUT2D eigenvalue weighted by Crippen LogP contribution is -2.33. The number of likely N-dealkylation sites (tertiary alicyclic amines) is 1. The molecule has 2 rings (SSSR count). The molecule has 108 valence electrons. The van der Waals surface area contributed by atoms with Gasteiger partial charge in [0.2, 0.25) is 0 Å². The van der Waals surface area contributed by atoms with Crippen molar-refractivity contribution in [3.05, 3.63) is 28.2 Å². The van der Waals surface area contributed by atoms with E-state index in [1.807, 2.05) is 0 Å². The van der Waals surface area contributed by atoms with E-state index in [0.717, 1.165) is 13.1 Å². The third-order valence-corrected chi connectivity index (χ3v) is 3.52. The first-order chi connectivity index (χ1) is 8.65.